The molecule has 0 radical (unpaired) electrons. The molecule has 0 atom stereocenters. The van der Waals surface area contributed by atoms with Crippen LogP contribution in [-0.2, 0) is 13.0 Å². The lowest BCUT2D eigenvalue weighted by molar-refractivity contribution is 0.210. The number of carbonyl (C=O) groups is 1. The molecule has 0 spiro atoms. The maximum atomic E-state index is 12.8. The number of halogens is 1. The van der Waals surface area contributed by atoms with E-state index in [9.17, 15) is 9.18 Å². The zero-order chi connectivity index (χ0) is 16.1. The number of nitrogens with one attached hydrogen (secondary N) is 1. The van der Waals surface area contributed by atoms with Gasteiger partial charge in [0, 0.05) is 12.1 Å². The minimum Gasteiger partial charge on any atom is -0.406 e. The summed E-state index contributed by atoms with van der Waals surface area (Å²) in [4.78, 5) is 15.0. The zero-order valence-electron chi connectivity index (χ0n) is 12.1. The number of nitrogens with two attached hydrogens (primary N) is 2. The molecule has 2 rings (SSSR count). The minimum atomic E-state index is -0.935. The number of amides is 1. The van der Waals surface area contributed by atoms with Crippen molar-refractivity contribution in [3.8, 4) is 5.75 Å². The molecular formula is C15H17FN4O2. The average molecular weight is 304 g/mol. The van der Waals surface area contributed by atoms with Crippen molar-refractivity contribution in [3.05, 3.63) is 47.3 Å². The SMILES string of the molecule is CCc1cc(NCc2ccc(F)cc2)nc(N)c1OC(N)=O. The summed E-state index contributed by atoms with van der Waals surface area (Å²) in [5.41, 5.74) is 12.4. The van der Waals surface area contributed by atoms with Gasteiger partial charge in [-0.3, -0.25) is 0 Å². The van der Waals surface area contributed by atoms with Gasteiger partial charge < -0.3 is 21.5 Å². The molecule has 5 N–H and O–H groups in total. The van der Waals surface area contributed by atoms with Crippen molar-refractivity contribution in [2.75, 3.05) is 11.1 Å². The van der Waals surface area contributed by atoms with Crippen molar-refractivity contribution in [2.45, 2.75) is 19.9 Å². The molecule has 0 aliphatic heterocycles. The van der Waals surface area contributed by atoms with E-state index in [2.05, 4.69) is 10.3 Å². The fourth-order valence-corrected chi connectivity index (χ4v) is 1.97. The number of nitrogens with zero attached hydrogens (tertiary/aromatic N) is 1. The second kappa shape index (κ2) is 6.75. The van der Waals surface area contributed by atoms with E-state index in [1.165, 1.54) is 12.1 Å². The van der Waals surface area contributed by atoms with Crippen LogP contribution in [0.5, 0.6) is 5.75 Å². The summed E-state index contributed by atoms with van der Waals surface area (Å²) in [6.45, 7) is 2.36. The monoisotopic (exact) mass is 304 g/mol. The quantitative estimate of drug-likeness (QED) is 0.787. The Hall–Kier alpha value is -2.83. The first-order valence-corrected chi connectivity index (χ1v) is 6.74. The smallest absolute Gasteiger partial charge is 0.406 e. The highest BCUT2D eigenvalue weighted by Crippen LogP contribution is 2.28. The molecule has 0 bridgehead atoms. The van der Waals surface area contributed by atoms with Crippen LogP contribution in [0, 0.1) is 5.82 Å². The topological polar surface area (TPSA) is 103 Å². The molecule has 1 heterocycles. The second-order valence-electron chi connectivity index (χ2n) is 4.64. The van der Waals surface area contributed by atoms with E-state index in [0.29, 0.717) is 24.3 Å². The van der Waals surface area contributed by atoms with E-state index in [1.54, 1.807) is 18.2 Å². The first kappa shape index (κ1) is 15.6. The molecule has 1 aromatic heterocycles. The van der Waals surface area contributed by atoms with Gasteiger partial charge in [-0.15, -0.1) is 0 Å². The van der Waals surface area contributed by atoms with Gasteiger partial charge >= 0.3 is 6.09 Å². The van der Waals surface area contributed by atoms with E-state index < -0.39 is 6.09 Å². The maximum absolute atomic E-state index is 12.8. The van der Waals surface area contributed by atoms with Crippen LogP contribution in [-0.4, -0.2) is 11.1 Å². The number of hydrogen-bond acceptors (Lipinski definition) is 5. The van der Waals surface area contributed by atoms with Crippen LogP contribution in [0.2, 0.25) is 0 Å². The Morgan fingerprint density at radius 3 is 2.64 bits per heavy atom. The first-order chi connectivity index (χ1) is 10.5. The third-order valence-electron chi connectivity index (χ3n) is 3.05. The van der Waals surface area contributed by atoms with E-state index in [4.69, 9.17) is 16.2 Å². The lowest BCUT2D eigenvalue weighted by Crippen LogP contribution is -2.18. The predicted octanol–water partition coefficient (Wildman–Crippen LogP) is 2.43. The van der Waals surface area contributed by atoms with E-state index in [0.717, 1.165) is 5.56 Å². The summed E-state index contributed by atoms with van der Waals surface area (Å²) < 4.78 is 17.7. The Balaban J connectivity index is 2.16. The standard InChI is InChI=1S/C15H17FN4O2/c1-2-10-7-12(20-14(17)13(10)22-15(18)21)19-8-9-3-5-11(16)6-4-9/h3-7H,2,8H2,1H3,(H2,18,21)(H3,17,19,20). The number of aromatic nitrogens is 1. The van der Waals surface area contributed by atoms with Crippen molar-refractivity contribution < 1.29 is 13.9 Å². The summed E-state index contributed by atoms with van der Waals surface area (Å²) in [7, 11) is 0. The fourth-order valence-electron chi connectivity index (χ4n) is 1.97. The van der Waals surface area contributed by atoms with Crippen molar-refractivity contribution in [1.29, 1.82) is 0 Å². The predicted molar refractivity (Wildman–Crippen MR) is 82.0 cm³/mol. The number of carbonyl (C=O) groups excluding carboxylic acids is 1. The number of pyridine rings is 1. The second-order valence-corrected chi connectivity index (χ2v) is 4.64. The fraction of sp³-hybridized carbons (Fsp3) is 0.200. The third-order valence-corrected chi connectivity index (χ3v) is 3.05. The summed E-state index contributed by atoms with van der Waals surface area (Å²) in [5.74, 6) is 0.518. The van der Waals surface area contributed by atoms with Crippen molar-refractivity contribution in [2.24, 2.45) is 5.73 Å². The molecule has 1 amide bonds. The average Bonchev–Trinajstić information content (AvgIpc) is 2.48. The highest BCUT2D eigenvalue weighted by Gasteiger charge is 2.13. The van der Waals surface area contributed by atoms with Crippen LogP contribution in [0.4, 0.5) is 20.8 Å². The third kappa shape index (κ3) is 3.85. The lowest BCUT2D eigenvalue weighted by Gasteiger charge is -2.13. The van der Waals surface area contributed by atoms with Crippen LogP contribution in [0.25, 0.3) is 0 Å². The highest BCUT2D eigenvalue weighted by molar-refractivity contribution is 5.72. The Labute approximate surface area is 127 Å². The van der Waals surface area contributed by atoms with Gasteiger partial charge in [-0.2, -0.15) is 0 Å². The van der Waals surface area contributed by atoms with E-state index >= 15 is 0 Å². The Bertz CT molecular complexity index is 674. The van der Waals surface area contributed by atoms with Crippen LogP contribution < -0.4 is 21.5 Å². The number of aryl methyl sites for hydroxylation is 1. The molecule has 0 saturated carbocycles. The molecule has 0 unspecified atom stereocenters. The number of rotatable bonds is 5. The summed E-state index contributed by atoms with van der Waals surface area (Å²) in [6.07, 6.45) is -0.337. The molecule has 7 heteroatoms. The van der Waals surface area contributed by atoms with Gasteiger partial charge in [-0.1, -0.05) is 19.1 Å². The number of anilines is 2. The number of hydrogen-bond donors (Lipinski definition) is 3. The van der Waals surface area contributed by atoms with Crippen LogP contribution in [0.15, 0.2) is 30.3 Å². The van der Waals surface area contributed by atoms with Gasteiger partial charge in [-0.25, -0.2) is 14.2 Å². The minimum absolute atomic E-state index is 0.0831. The molecule has 0 aliphatic rings. The first-order valence-electron chi connectivity index (χ1n) is 6.74. The van der Waals surface area contributed by atoms with Gasteiger partial charge in [0.2, 0.25) is 0 Å². The summed E-state index contributed by atoms with van der Waals surface area (Å²) in [5, 5.41) is 3.09. The Morgan fingerprint density at radius 2 is 2.05 bits per heavy atom. The van der Waals surface area contributed by atoms with Gasteiger partial charge in [-0.05, 0) is 30.2 Å². The number of ether oxygens (including phenoxy) is 1. The van der Waals surface area contributed by atoms with E-state index in [1.807, 2.05) is 6.92 Å². The Kier molecular flexibility index (Phi) is 4.77. The van der Waals surface area contributed by atoms with Crippen molar-refractivity contribution in [1.82, 2.24) is 4.98 Å². The van der Waals surface area contributed by atoms with Gasteiger partial charge in [0.25, 0.3) is 0 Å². The maximum Gasteiger partial charge on any atom is 0.410 e. The summed E-state index contributed by atoms with van der Waals surface area (Å²) >= 11 is 0. The number of primary amides is 1. The highest BCUT2D eigenvalue weighted by atomic mass is 19.1. The molecule has 6 nitrogen and oxygen atoms in total. The molecule has 2 aromatic rings. The molecule has 0 fully saturated rings. The largest absolute Gasteiger partial charge is 0.410 e. The van der Waals surface area contributed by atoms with Gasteiger partial charge in [0.15, 0.2) is 11.6 Å². The van der Waals surface area contributed by atoms with Crippen LogP contribution in [0.3, 0.4) is 0 Å². The lowest BCUT2D eigenvalue weighted by atomic mass is 10.1. The van der Waals surface area contributed by atoms with Crippen LogP contribution in [0.1, 0.15) is 18.1 Å². The van der Waals surface area contributed by atoms with Gasteiger partial charge in [0.05, 0.1) is 0 Å². The molecule has 116 valence electrons. The zero-order valence-corrected chi connectivity index (χ0v) is 12.1. The molecule has 1 aromatic carbocycles. The molecule has 0 aliphatic carbocycles. The molecule has 22 heavy (non-hydrogen) atoms. The number of nitrogen functional groups attached to an aromatic ring is 1. The van der Waals surface area contributed by atoms with Crippen molar-refractivity contribution >= 4 is 17.7 Å². The number of benzene rings is 1. The van der Waals surface area contributed by atoms with Crippen molar-refractivity contribution in [3.63, 3.8) is 0 Å². The molecular weight excluding hydrogens is 287 g/mol. The summed E-state index contributed by atoms with van der Waals surface area (Å²) in [6, 6.07) is 7.87. The normalized spacial score (nSPS) is 10.3. The Morgan fingerprint density at radius 1 is 1.36 bits per heavy atom. The van der Waals surface area contributed by atoms with E-state index in [-0.39, 0.29) is 17.4 Å². The molecule has 0 saturated heterocycles. The van der Waals surface area contributed by atoms with Crippen LogP contribution >= 0.6 is 0 Å². The van der Waals surface area contributed by atoms with Gasteiger partial charge in [0.1, 0.15) is 11.6 Å².